The van der Waals surface area contributed by atoms with E-state index in [1.54, 1.807) is 18.2 Å². The molecular weight excluding hydrogens is 378 g/mol. The highest BCUT2D eigenvalue weighted by molar-refractivity contribution is 8.17. The Kier molecular flexibility index (Phi) is 8.15. The number of benzene rings is 1. The van der Waals surface area contributed by atoms with Gasteiger partial charge in [-0.1, -0.05) is 18.2 Å². The molecule has 0 saturated carbocycles. The van der Waals surface area contributed by atoms with Gasteiger partial charge in [0.1, 0.15) is 5.03 Å². The van der Waals surface area contributed by atoms with Crippen LogP contribution in [0.2, 0.25) is 0 Å². The fraction of sp³-hybridized carbons (Fsp3) is 0.389. The number of urea groups is 1. The molecule has 1 aliphatic heterocycles. The van der Waals surface area contributed by atoms with Crippen molar-refractivity contribution < 1.29 is 9.59 Å². The van der Waals surface area contributed by atoms with Crippen LogP contribution in [0.4, 0.5) is 10.5 Å². The Morgan fingerprint density at radius 2 is 1.86 bits per heavy atom. The van der Waals surface area contributed by atoms with Crippen LogP contribution in [0.15, 0.2) is 46.5 Å². The van der Waals surface area contributed by atoms with Crippen LogP contribution in [0, 0.1) is 0 Å². The van der Waals surface area contributed by atoms with Gasteiger partial charge in [-0.25, -0.2) is 4.79 Å². The third kappa shape index (κ3) is 7.89. The second-order valence-corrected chi connectivity index (χ2v) is 7.75. The van der Waals surface area contributed by atoms with Gasteiger partial charge < -0.3 is 16.0 Å². The van der Waals surface area contributed by atoms with Crippen LogP contribution in [-0.2, 0) is 4.79 Å². The molecule has 0 saturated heterocycles. The Morgan fingerprint density at radius 1 is 1.14 bits per heavy atom. The number of carbonyl (C=O) groups excluding carboxylic acids is 2. The summed E-state index contributed by atoms with van der Waals surface area (Å²) in [5, 5.41) is 14.7. The predicted molar refractivity (Wildman–Crippen MR) is 113 cm³/mol. The third-order valence-corrected chi connectivity index (χ3v) is 3.96. The average molecular weight is 406 g/mol. The minimum Gasteiger partial charge on any atom is -0.366 e. The van der Waals surface area contributed by atoms with Crippen LogP contribution in [0.1, 0.15) is 27.7 Å². The van der Waals surface area contributed by atoms with E-state index in [0.29, 0.717) is 16.6 Å². The molecule has 2 rings (SSSR count). The molecule has 1 aliphatic rings. The number of nitrogens with zero attached hydrogens (tertiary/aromatic N) is 2. The maximum absolute atomic E-state index is 12.3. The summed E-state index contributed by atoms with van der Waals surface area (Å²) in [6.45, 7) is 7.87. The summed E-state index contributed by atoms with van der Waals surface area (Å²) in [7, 11) is 0. The van der Waals surface area contributed by atoms with E-state index >= 15 is 0 Å². The fourth-order valence-electron chi connectivity index (χ4n) is 2.15. The Hall–Kier alpha value is -2.72. The van der Waals surface area contributed by atoms with Crippen molar-refractivity contribution in [3.8, 4) is 0 Å². The molecule has 0 bridgehead atoms. The molecule has 0 aliphatic carbocycles. The first-order chi connectivity index (χ1) is 13.3. The van der Waals surface area contributed by atoms with E-state index in [1.807, 2.05) is 45.9 Å². The van der Waals surface area contributed by atoms with E-state index in [0.717, 1.165) is 11.8 Å². The van der Waals surface area contributed by atoms with Gasteiger partial charge in [-0.15, -0.1) is 10.3 Å². The maximum Gasteiger partial charge on any atom is 0.319 e. The lowest BCUT2D eigenvalue weighted by molar-refractivity contribution is -0.110. The lowest BCUT2D eigenvalue weighted by atomic mass is 10.3. The number of thioether (sulfide) groups is 1. The molecule has 0 aromatic heterocycles. The summed E-state index contributed by atoms with van der Waals surface area (Å²) < 4.78 is 0. The van der Waals surface area contributed by atoms with E-state index in [1.165, 1.54) is 5.23 Å². The van der Waals surface area contributed by atoms with Crippen molar-refractivity contribution in [2.75, 3.05) is 11.9 Å². The first-order valence-electron chi connectivity index (χ1n) is 9.02. The van der Waals surface area contributed by atoms with E-state index in [4.69, 9.17) is 0 Å². The molecule has 1 heterocycles. The van der Waals surface area contributed by atoms with E-state index < -0.39 is 6.03 Å². The molecule has 2 amide bonds. The Balaban J connectivity index is 1.87. The SMILES string of the molecule is CC(C)NC1=NN(NC(C)C)NC(SC(=O)CNC(=O)Nc2ccccc2)=C1. The van der Waals surface area contributed by atoms with Crippen LogP contribution < -0.4 is 26.8 Å². The Morgan fingerprint density at radius 3 is 2.50 bits per heavy atom. The number of amidine groups is 1. The zero-order chi connectivity index (χ0) is 20.5. The highest BCUT2D eigenvalue weighted by atomic mass is 32.2. The van der Waals surface area contributed by atoms with Gasteiger partial charge in [-0.3, -0.25) is 10.2 Å². The average Bonchev–Trinajstić information content (AvgIpc) is 2.59. The lowest BCUT2D eigenvalue weighted by Crippen LogP contribution is -2.50. The van der Waals surface area contributed by atoms with Gasteiger partial charge in [0.15, 0.2) is 5.84 Å². The first kappa shape index (κ1) is 21.6. The van der Waals surface area contributed by atoms with Crippen molar-refractivity contribution in [1.29, 1.82) is 0 Å². The van der Waals surface area contributed by atoms with Gasteiger partial charge in [-0.2, -0.15) is 5.43 Å². The quantitative estimate of drug-likeness (QED) is 0.472. The Labute approximate surface area is 169 Å². The standard InChI is InChI=1S/C18H27N7O2S/c1-12(2)20-15-10-16(24-25(23-15)22-13(3)4)28-17(26)11-19-18(27)21-14-8-6-5-7-9-14/h5-10,12-13,22,24H,11H2,1-4H3,(H,20,23)(H2,19,21,27). The molecular formula is C18H27N7O2S. The van der Waals surface area contributed by atoms with Crippen molar-refractivity contribution in [2.45, 2.75) is 39.8 Å². The second-order valence-electron chi connectivity index (χ2n) is 6.65. The molecule has 152 valence electrons. The number of para-hydroxylation sites is 1. The predicted octanol–water partition coefficient (Wildman–Crippen LogP) is 1.95. The van der Waals surface area contributed by atoms with Gasteiger partial charge in [-0.05, 0) is 51.6 Å². The number of carbonyl (C=O) groups is 2. The van der Waals surface area contributed by atoms with Gasteiger partial charge in [0, 0.05) is 23.8 Å². The molecule has 28 heavy (non-hydrogen) atoms. The van der Waals surface area contributed by atoms with Crippen molar-refractivity contribution in [3.63, 3.8) is 0 Å². The molecule has 0 fully saturated rings. The normalized spacial score (nSPS) is 13.6. The van der Waals surface area contributed by atoms with Crippen molar-refractivity contribution in [1.82, 2.24) is 26.7 Å². The number of amides is 2. The van der Waals surface area contributed by atoms with Crippen LogP contribution in [0.25, 0.3) is 0 Å². The Bertz CT molecular complexity index is 735. The van der Waals surface area contributed by atoms with Crippen molar-refractivity contribution in [2.24, 2.45) is 5.10 Å². The van der Waals surface area contributed by atoms with E-state index in [9.17, 15) is 9.59 Å². The topological polar surface area (TPSA) is 110 Å². The number of anilines is 1. The van der Waals surface area contributed by atoms with Crippen LogP contribution in [0.3, 0.4) is 0 Å². The summed E-state index contributed by atoms with van der Waals surface area (Å²) >= 11 is 0.997. The number of nitrogens with one attached hydrogen (secondary N) is 5. The van der Waals surface area contributed by atoms with E-state index in [2.05, 4.69) is 31.9 Å². The fourth-order valence-corrected chi connectivity index (χ4v) is 2.85. The zero-order valence-electron chi connectivity index (χ0n) is 16.4. The monoisotopic (exact) mass is 405 g/mol. The molecule has 1 aromatic carbocycles. The number of hydrogen-bond donors (Lipinski definition) is 5. The molecule has 1 aromatic rings. The summed E-state index contributed by atoms with van der Waals surface area (Å²) in [6.07, 6.45) is 1.76. The number of hydrogen-bond acceptors (Lipinski definition) is 8. The van der Waals surface area contributed by atoms with E-state index in [-0.39, 0.29) is 23.7 Å². The first-order valence-corrected chi connectivity index (χ1v) is 9.84. The van der Waals surface area contributed by atoms with Crippen LogP contribution in [0.5, 0.6) is 0 Å². The minimum atomic E-state index is -0.433. The highest BCUT2D eigenvalue weighted by Gasteiger charge is 2.18. The van der Waals surface area contributed by atoms with Crippen molar-refractivity contribution in [3.05, 3.63) is 41.4 Å². The number of hydrazine groups is 2. The molecule has 10 heteroatoms. The van der Waals surface area contributed by atoms with Gasteiger partial charge in [0.05, 0.1) is 6.54 Å². The van der Waals surface area contributed by atoms with Gasteiger partial charge in [0.25, 0.3) is 0 Å². The third-order valence-electron chi connectivity index (χ3n) is 3.16. The van der Waals surface area contributed by atoms with Gasteiger partial charge in [0.2, 0.25) is 5.12 Å². The number of hydrazone groups is 1. The summed E-state index contributed by atoms with van der Waals surface area (Å²) in [5.41, 5.74) is 6.79. The summed E-state index contributed by atoms with van der Waals surface area (Å²) in [6, 6.07) is 8.95. The van der Waals surface area contributed by atoms with Gasteiger partial charge >= 0.3 is 6.03 Å². The molecule has 9 nitrogen and oxygen atoms in total. The second kappa shape index (κ2) is 10.6. The largest absolute Gasteiger partial charge is 0.366 e. The van der Waals surface area contributed by atoms with Crippen LogP contribution in [-0.4, -0.2) is 40.8 Å². The summed E-state index contributed by atoms with van der Waals surface area (Å²) in [5.74, 6) is 0.631. The summed E-state index contributed by atoms with van der Waals surface area (Å²) in [4.78, 5) is 24.2. The number of rotatable bonds is 7. The molecule has 0 unspecified atom stereocenters. The maximum atomic E-state index is 12.3. The lowest BCUT2D eigenvalue weighted by Gasteiger charge is -2.29. The van der Waals surface area contributed by atoms with Crippen LogP contribution >= 0.6 is 11.8 Å². The zero-order valence-corrected chi connectivity index (χ0v) is 17.3. The molecule has 0 spiro atoms. The molecule has 0 radical (unpaired) electrons. The minimum absolute atomic E-state index is 0.107. The molecule has 5 N–H and O–H groups in total. The van der Waals surface area contributed by atoms with Crippen molar-refractivity contribution >= 4 is 34.4 Å². The smallest absolute Gasteiger partial charge is 0.319 e. The highest BCUT2D eigenvalue weighted by Crippen LogP contribution is 2.16. The molecule has 0 atom stereocenters.